The van der Waals surface area contributed by atoms with Crippen molar-refractivity contribution in [1.82, 2.24) is 4.90 Å². The highest BCUT2D eigenvalue weighted by Gasteiger charge is 2.46. The van der Waals surface area contributed by atoms with Crippen molar-refractivity contribution in [1.29, 1.82) is 0 Å². The Balaban J connectivity index is 1.65. The maximum Gasteiger partial charge on any atom is 0.290 e. The molecule has 1 aliphatic heterocycles. The average Bonchev–Trinajstić information content (AvgIpc) is 3.09. The van der Waals surface area contributed by atoms with Crippen molar-refractivity contribution >= 4 is 11.7 Å². The molecule has 1 N–H and O–H groups in total. The Morgan fingerprint density at radius 3 is 2.35 bits per heavy atom. The van der Waals surface area contributed by atoms with Crippen LogP contribution in [0, 0.1) is 0 Å². The van der Waals surface area contributed by atoms with Gasteiger partial charge in [-0.25, -0.2) is 0 Å². The highest BCUT2D eigenvalue weighted by Crippen LogP contribution is 2.42. The van der Waals surface area contributed by atoms with Gasteiger partial charge in [-0.1, -0.05) is 61.7 Å². The Hall–Kier alpha value is -3.08. The van der Waals surface area contributed by atoms with E-state index in [2.05, 4.69) is 0 Å². The fourth-order valence-corrected chi connectivity index (χ4v) is 4.79. The lowest BCUT2D eigenvalue weighted by molar-refractivity contribution is -0.132. The zero-order valence-corrected chi connectivity index (χ0v) is 17.9. The normalized spacial score (nSPS) is 19.7. The number of hydrogen-bond donors (Lipinski definition) is 1. The number of benzene rings is 2. The molecule has 1 heterocycles. The molecule has 0 radical (unpaired) electrons. The van der Waals surface area contributed by atoms with Crippen LogP contribution >= 0.6 is 0 Å². The van der Waals surface area contributed by atoms with Gasteiger partial charge in [0, 0.05) is 12.5 Å². The number of ether oxygens (including phenoxy) is 1. The molecular weight excluding hydrogens is 390 g/mol. The third-order valence-electron chi connectivity index (χ3n) is 6.43. The van der Waals surface area contributed by atoms with E-state index in [1.54, 1.807) is 12.0 Å². The lowest BCUT2D eigenvalue weighted by Crippen LogP contribution is -2.41. The molecule has 1 fully saturated rings. The molecule has 1 unspecified atom stereocenters. The second-order valence-corrected chi connectivity index (χ2v) is 8.35. The number of aliphatic hydroxyl groups excluding tert-OH is 1. The molecule has 0 bridgehead atoms. The number of ketones is 1. The van der Waals surface area contributed by atoms with Crippen LogP contribution in [0.4, 0.5) is 0 Å². The number of aryl methyl sites for hydroxylation is 1. The summed E-state index contributed by atoms with van der Waals surface area (Å²) >= 11 is 0. The quantitative estimate of drug-likeness (QED) is 0.691. The summed E-state index contributed by atoms with van der Waals surface area (Å²) < 4.78 is 5.27. The summed E-state index contributed by atoms with van der Waals surface area (Å²) in [5, 5.41) is 10.8. The van der Waals surface area contributed by atoms with E-state index < -0.39 is 11.9 Å². The zero-order chi connectivity index (χ0) is 21.8. The summed E-state index contributed by atoms with van der Waals surface area (Å²) in [5.41, 5.74) is 2.12. The van der Waals surface area contributed by atoms with Gasteiger partial charge in [-0.3, -0.25) is 9.59 Å². The van der Waals surface area contributed by atoms with Crippen molar-refractivity contribution in [2.24, 2.45) is 0 Å². The van der Waals surface area contributed by atoms with Crippen LogP contribution in [0.2, 0.25) is 0 Å². The number of rotatable bonds is 7. The van der Waals surface area contributed by atoms with Crippen LogP contribution < -0.4 is 4.74 Å². The molecule has 0 saturated heterocycles. The van der Waals surface area contributed by atoms with E-state index in [0.717, 1.165) is 43.2 Å². The van der Waals surface area contributed by atoms with Gasteiger partial charge in [0.15, 0.2) is 11.5 Å². The van der Waals surface area contributed by atoms with Crippen LogP contribution in [0.15, 0.2) is 65.9 Å². The number of carbonyl (C=O) groups is 2. The molecule has 1 atom stereocenters. The van der Waals surface area contributed by atoms with Gasteiger partial charge in [-0.05, 0) is 42.5 Å². The van der Waals surface area contributed by atoms with Crippen LogP contribution in [0.3, 0.4) is 0 Å². The molecule has 0 aromatic heterocycles. The molecule has 1 saturated carbocycles. The predicted molar refractivity (Wildman–Crippen MR) is 119 cm³/mol. The number of amides is 1. The van der Waals surface area contributed by atoms with Gasteiger partial charge < -0.3 is 14.7 Å². The fraction of sp³-hybridized carbons (Fsp3) is 0.385. The van der Waals surface area contributed by atoms with Crippen molar-refractivity contribution in [2.75, 3.05) is 7.11 Å². The Labute approximate surface area is 183 Å². The third kappa shape index (κ3) is 4.36. The summed E-state index contributed by atoms with van der Waals surface area (Å²) in [7, 11) is 1.60. The highest BCUT2D eigenvalue weighted by molar-refractivity contribution is 6.09. The SMILES string of the molecule is COc1ccc(C2C(C(=O)CCc3ccccc3)=C(O)C(=O)N2C2CCCCC2)cc1. The molecule has 2 aromatic carbocycles. The van der Waals surface area contributed by atoms with E-state index in [1.807, 2.05) is 54.6 Å². The minimum Gasteiger partial charge on any atom is -0.503 e. The number of Topliss-reactive ketones (excluding diaryl/α,β-unsaturated/α-hetero) is 1. The smallest absolute Gasteiger partial charge is 0.290 e. The molecular formula is C26H29NO4. The Kier molecular flexibility index (Phi) is 6.40. The van der Waals surface area contributed by atoms with Gasteiger partial charge >= 0.3 is 0 Å². The Morgan fingerprint density at radius 1 is 1.03 bits per heavy atom. The van der Waals surface area contributed by atoms with Crippen molar-refractivity contribution in [2.45, 2.75) is 57.0 Å². The minimum atomic E-state index is -0.551. The molecule has 0 spiro atoms. The standard InChI is InChI=1S/C26H29NO4/c1-31-21-15-13-19(14-16-21)24-23(22(28)17-12-18-8-4-2-5-9-18)25(29)26(30)27(24)20-10-6-3-7-11-20/h2,4-5,8-9,13-16,20,24,29H,3,6-7,10-12,17H2,1H3. The first-order valence-electron chi connectivity index (χ1n) is 11.1. The molecule has 162 valence electrons. The Bertz CT molecular complexity index is 959. The van der Waals surface area contributed by atoms with E-state index in [4.69, 9.17) is 4.74 Å². The maximum atomic E-state index is 13.3. The van der Waals surface area contributed by atoms with Gasteiger partial charge in [0.1, 0.15) is 5.75 Å². The summed E-state index contributed by atoms with van der Waals surface area (Å²) in [6.45, 7) is 0. The van der Waals surface area contributed by atoms with Crippen molar-refractivity contribution in [3.63, 3.8) is 0 Å². The predicted octanol–water partition coefficient (Wildman–Crippen LogP) is 4.93. The zero-order valence-electron chi connectivity index (χ0n) is 17.9. The second kappa shape index (κ2) is 9.38. The second-order valence-electron chi connectivity index (χ2n) is 8.35. The van der Waals surface area contributed by atoms with E-state index >= 15 is 0 Å². The minimum absolute atomic E-state index is 0.0370. The molecule has 5 nitrogen and oxygen atoms in total. The molecule has 2 aromatic rings. The van der Waals surface area contributed by atoms with Crippen LogP contribution in [-0.4, -0.2) is 34.8 Å². The van der Waals surface area contributed by atoms with E-state index in [-0.39, 0.29) is 29.6 Å². The first-order valence-corrected chi connectivity index (χ1v) is 11.1. The summed E-state index contributed by atoms with van der Waals surface area (Å²) in [6.07, 6.45) is 5.90. The monoisotopic (exact) mass is 419 g/mol. The van der Waals surface area contributed by atoms with Gasteiger partial charge in [-0.2, -0.15) is 0 Å². The number of hydrogen-bond acceptors (Lipinski definition) is 4. The van der Waals surface area contributed by atoms with E-state index in [0.29, 0.717) is 12.2 Å². The first kappa shape index (κ1) is 21.2. The molecule has 31 heavy (non-hydrogen) atoms. The van der Waals surface area contributed by atoms with Gasteiger partial charge in [0.25, 0.3) is 5.91 Å². The van der Waals surface area contributed by atoms with Crippen LogP contribution in [0.1, 0.15) is 55.7 Å². The molecule has 5 heteroatoms. The van der Waals surface area contributed by atoms with Crippen molar-refractivity contribution < 1.29 is 19.4 Å². The summed E-state index contributed by atoms with van der Waals surface area (Å²) in [4.78, 5) is 28.2. The molecule has 2 aliphatic rings. The van der Waals surface area contributed by atoms with Crippen LogP contribution in [-0.2, 0) is 16.0 Å². The Morgan fingerprint density at radius 2 is 1.71 bits per heavy atom. The topological polar surface area (TPSA) is 66.8 Å². The highest BCUT2D eigenvalue weighted by atomic mass is 16.5. The van der Waals surface area contributed by atoms with Gasteiger partial charge in [0.2, 0.25) is 0 Å². The lowest BCUT2D eigenvalue weighted by atomic mass is 9.89. The van der Waals surface area contributed by atoms with Crippen molar-refractivity contribution in [3.8, 4) is 5.75 Å². The molecule has 1 amide bonds. The summed E-state index contributed by atoms with van der Waals surface area (Å²) in [6, 6.07) is 16.7. The lowest BCUT2D eigenvalue weighted by Gasteiger charge is -2.36. The van der Waals surface area contributed by atoms with Gasteiger partial charge in [0.05, 0.1) is 18.7 Å². The molecule has 4 rings (SSSR count). The third-order valence-corrected chi connectivity index (χ3v) is 6.43. The summed E-state index contributed by atoms with van der Waals surface area (Å²) in [5.74, 6) is -0.267. The van der Waals surface area contributed by atoms with Crippen molar-refractivity contribution in [3.05, 3.63) is 77.1 Å². The first-order chi connectivity index (χ1) is 15.1. The maximum absolute atomic E-state index is 13.3. The number of nitrogens with zero attached hydrogens (tertiary/aromatic N) is 1. The van der Waals surface area contributed by atoms with Crippen LogP contribution in [0.25, 0.3) is 0 Å². The number of carbonyl (C=O) groups excluding carboxylic acids is 2. The van der Waals surface area contributed by atoms with Crippen LogP contribution in [0.5, 0.6) is 5.75 Å². The molecule has 1 aliphatic carbocycles. The van der Waals surface area contributed by atoms with E-state index in [9.17, 15) is 14.7 Å². The average molecular weight is 420 g/mol. The van der Waals surface area contributed by atoms with Gasteiger partial charge in [-0.15, -0.1) is 0 Å². The number of methoxy groups -OCH3 is 1. The number of aliphatic hydroxyl groups is 1. The largest absolute Gasteiger partial charge is 0.503 e. The van der Waals surface area contributed by atoms with E-state index in [1.165, 1.54) is 0 Å². The fourth-order valence-electron chi connectivity index (χ4n) is 4.79.